The molecule has 2 rings (SSSR count). The van der Waals surface area contributed by atoms with Crippen LogP contribution in [-0.2, 0) is 11.2 Å². The van der Waals surface area contributed by atoms with Gasteiger partial charge in [-0.2, -0.15) is 0 Å². The molecular formula is C18H27BrO2. The van der Waals surface area contributed by atoms with Gasteiger partial charge in [0.15, 0.2) is 0 Å². The van der Waals surface area contributed by atoms with Crippen molar-refractivity contribution in [3.63, 3.8) is 0 Å². The summed E-state index contributed by atoms with van der Waals surface area (Å²) in [6.07, 6.45) is 4.33. The molecule has 0 spiro atoms. The molecule has 0 saturated heterocycles. The van der Waals surface area contributed by atoms with E-state index >= 15 is 0 Å². The summed E-state index contributed by atoms with van der Waals surface area (Å²) in [5.74, 6) is 0. The first-order chi connectivity index (χ1) is 9.87. The quantitative estimate of drug-likeness (QED) is 0.828. The molecule has 2 nitrogen and oxygen atoms in total. The fourth-order valence-corrected chi connectivity index (χ4v) is 3.73. The molecule has 1 aromatic carbocycles. The highest BCUT2D eigenvalue weighted by molar-refractivity contribution is 9.10. The van der Waals surface area contributed by atoms with Crippen LogP contribution in [0, 0.1) is 5.41 Å². The fraction of sp³-hybridized carbons (Fsp3) is 0.667. The van der Waals surface area contributed by atoms with Crippen LogP contribution in [0.15, 0.2) is 28.7 Å². The lowest BCUT2D eigenvalue weighted by Crippen LogP contribution is -2.50. The van der Waals surface area contributed by atoms with Crippen molar-refractivity contribution in [1.82, 2.24) is 0 Å². The van der Waals surface area contributed by atoms with Crippen molar-refractivity contribution in [3.8, 4) is 0 Å². The van der Waals surface area contributed by atoms with Crippen molar-refractivity contribution in [2.75, 3.05) is 6.61 Å². The van der Waals surface area contributed by atoms with Crippen molar-refractivity contribution in [3.05, 3.63) is 34.3 Å². The summed E-state index contributed by atoms with van der Waals surface area (Å²) in [5.41, 5.74) is 1.16. The number of aliphatic hydroxyl groups excluding tert-OH is 1. The maximum atomic E-state index is 10.8. The standard InChI is InChI=1S/C18H27BrO2/c1-4-21-18(10-8-17(2,3)9-11-18)16(20)13-14-6-5-7-15(19)12-14/h5-7,12,16,20H,4,8-11,13H2,1-3H3. The number of aliphatic hydroxyl groups is 1. The van der Waals surface area contributed by atoms with Crippen molar-refractivity contribution in [2.45, 2.75) is 64.6 Å². The van der Waals surface area contributed by atoms with Crippen molar-refractivity contribution >= 4 is 15.9 Å². The molecule has 1 aliphatic carbocycles. The van der Waals surface area contributed by atoms with Gasteiger partial charge in [-0.15, -0.1) is 0 Å². The average molecular weight is 355 g/mol. The number of halogens is 1. The number of hydrogen-bond donors (Lipinski definition) is 1. The Hall–Kier alpha value is -0.380. The van der Waals surface area contributed by atoms with Crippen LogP contribution in [0.3, 0.4) is 0 Å². The molecule has 21 heavy (non-hydrogen) atoms. The van der Waals surface area contributed by atoms with Gasteiger partial charge in [0, 0.05) is 17.5 Å². The number of rotatable bonds is 5. The molecule has 1 saturated carbocycles. The normalized spacial score (nSPS) is 22.0. The molecule has 1 atom stereocenters. The SMILES string of the molecule is CCOC1(C(O)Cc2cccc(Br)c2)CCC(C)(C)CC1. The number of ether oxygens (including phenoxy) is 1. The van der Waals surface area contributed by atoms with Gasteiger partial charge in [0.2, 0.25) is 0 Å². The zero-order valence-corrected chi connectivity index (χ0v) is 14.9. The molecule has 0 heterocycles. The van der Waals surface area contributed by atoms with Crippen LogP contribution in [0.2, 0.25) is 0 Å². The predicted molar refractivity (Wildman–Crippen MR) is 90.5 cm³/mol. The predicted octanol–water partition coefficient (Wildman–Crippen LogP) is 4.73. The summed E-state index contributed by atoms with van der Waals surface area (Å²) in [6, 6.07) is 8.18. The van der Waals surface area contributed by atoms with Crippen LogP contribution in [0.4, 0.5) is 0 Å². The third-order valence-corrected chi connectivity index (χ3v) is 5.30. The van der Waals surface area contributed by atoms with Crippen LogP contribution in [0.1, 0.15) is 52.0 Å². The van der Waals surface area contributed by atoms with E-state index in [-0.39, 0.29) is 5.60 Å². The minimum absolute atomic E-state index is 0.368. The third kappa shape index (κ3) is 4.30. The van der Waals surface area contributed by atoms with Crippen molar-refractivity contribution in [2.24, 2.45) is 5.41 Å². The Morgan fingerprint density at radius 1 is 1.24 bits per heavy atom. The highest BCUT2D eigenvalue weighted by Gasteiger charge is 2.44. The molecule has 1 N–H and O–H groups in total. The van der Waals surface area contributed by atoms with Gasteiger partial charge in [0.25, 0.3) is 0 Å². The summed E-state index contributed by atoms with van der Waals surface area (Å²) in [7, 11) is 0. The number of hydrogen-bond acceptors (Lipinski definition) is 2. The second kappa shape index (κ2) is 6.80. The highest BCUT2D eigenvalue weighted by atomic mass is 79.9. The van der Waals surface area contributed by atoms with Gasteiger partial charge < -0.3 is 9.84 Å². The van der Waals surface area contributed by atoms with Crippen LogP contribution >= 0.6 is 15.9 Å². The van der Waals surface area contributed by atoms with Gasteiger partial charge >= 0.3 is 0 Å². The topological polar surface area (TPSA) is 29.5 Å². The van der Waals surface area contributed by atoms with E-state index in [1.165, 1.54) is 0 Å². The molecule has 0 amide bonds. The number of benzene rings is 1. The Morgan fingerprint density at radius 2 is 1.90 bits per heavy atom. The average Bonchev–Trinajstić information content (AvgIpc) is 2.41. The molecule has 0 bridgehead atoms. The molecule has 1 aliphatic rings. The second-order valence-electron chi connectivity index (χ2n) is 7.01. The van der Waals surface area contributed by atoms with Crippen LogP contribution in [0.5, 0.6) is 0 Å². The van der Waals surface area contributed by atoms with Gasteiger partial charge in [0.05, 0.1) is 11.7 Å². The van der Waals surface area contributed by atoms with Gasteiger partial charge in [-0.1, -0.05) is 41.9 Å². The van der Waals surface area contributed by atoms with E-state index in [2.05, 4.69) is 41.9 Å². The van der Waals surface area contributed by atoms with Gasteiger partial charge in [-0.05, 0) is 55.7 Å². The van der Waals surface area contributed by atoms with E-state index in [0.29, 0.717) is 18.4 Å². The van der Waals surface area contributed by atoms with Gasteiger partial charge in [-0.3, -0.25) is 0 Å². The molecular weight excluding hydrogens is 328 g/mol. The van der Waals surface area contributed by atoms with E-state index in [1.54, 1.807) is 0 Å². The molecule has 118 valence electrons. The van der Waals surface area contributed by atoms with Gasteiger partial charge in [-0.25, -0.2) is 0 Å². The first-order valence-electron chi connectivity index (χ1n) is 7.93. The van der Waals surface area contributed by atoms with Crippen LogP contribution in [0.25, 0.3) is 0 Å². The Balaban J connectivity index is 2.11. The van der Waals surface area contributed by atoms with E-state index < -0.39 is 6.10 Å². The molecule has 0 radical (unpaired) electrons. The highest BCUT2D eigenvalue weighted by Crippen LogP contribution is 2.44. The van der Waals surface area contributed by atoms with Crippen LogP contribution < -0.4 is 0 Å². The summed E-state index contributed by atoms with van der Waals surface area (Å²) >= 11 is 3.49. The molecule has 1 fully saturated rings. The lowest BCUT2D eigenvalue weighted by Gasteiger charge is -2.46. The molecule has 0 aliphatic heterocycles. The van der Waals surface area contributed by atoms with E-state index in [0.717, 1.165) is 35.7 Å². The largest absolute Gasteiger partial charge is 0.390 e. The lowest BCUT2D eigenvalue weighted by atomic mass is 9.68. The maximum absolute atomic E-state index is 10.8. The van der Waals surface area contributed by atoms with Crippen molar-refractivity contribution < 1.29 is 9.84 Å². The first-order valence-corrected chi connectivity index (χ1v) is 8.73. The maximum Gasteiger partial charge on any atom is 0.0943 e. The van der Waals surface area contributed by atoms with E-state index in [4.69, 9.17) is 4.74 Å². The van der Waals surface area contributed by atoms with E-state index in [1.807, 2.05) is 19.1 Å². The molecule has 1 aromatic rings. The Kier molecular flexibility index (Phi) is 5.50. The first kappa shape index (κ1) is 17.0. The minimum atomic E-state index is -0.442. The van der Waals surface area contributed by atoms with Gasteiger partial charge in [0.1, 0.15) is 0 Å². The molecule has 3 heteroatoms. The summed E-state index contributed by atoms with van der Waals surface area (Å²) < 4.78 is 7.12. The molecule has 1 unspecified atom stereocenters. The summed E-state index contributed by atoms with van der Waals surface area (Å²) in [5, 5.41) is 10.8. The fourth-order valence-electron chi connectivity index (χ4n) is 3.28. The zero-order chi connectivity index (χ0) is 15.5. The molecule has 0 aromatic heterocycles. The lowest BCUT2D eigenvalue weighted by molar-refractivity contribution is -0.150. The van der Waals surface area contributed by atoms with E-state index in [9.17, 15) is 5.11 Å². The zero-order valence-electron chi connectivity index (χ0n) is 13.4. The van der Waals surface area contributed by atoms with Crippen molar-refractivity contribution in [1.29, 1.82) is 0 Å². The second-order valence-corrected chi connectivity index (χ2v) is 7.93. The monoisotopic (exact) mass is 354 g/mol. The smallest absolute Gasteiger partial charge is 0.0943 e. The third-order valence-electron chi connectivity index (χ3n) is 4.81. The summed E-state index contributed by atoms with van der Waals surface area (Å²) in [6.45, 7) is 7.30. The Labute approximate surface area is 137 Å². The Morgan fingerprint density at radius 3 is 2.48 bits per heavy atom. The minimum Gasteiger partial charge on any atom is -0.390 e. The summed E-state index contributed by atoms with van der Waals surface area (Å²) in [4.78, 5) is 0. The van der Waals surface area contributed by atoms with Crippen LogP contribution in [-0.4, -0.2) is 23.4 Å². The Bertz CT molecular complexity index is 460.